The minimum Gasteiger partial charge on any atom is -0.383 e. The Morgan fingerprint density at radius 3 is 2.39 bits per heavy atom. The lowest BCUT2D eigenvalue weighted by Gasteiger charge is -2.12. The summed E-state index contributed by atoms with van der Waals surface area (Å²) >= 11 is 0. The molecule has 4 heterocycles. The molecule has 0 saturated carbocycles. The van der Waals surface area contributed by atoms with E-state index in [0.29, 0.717) is 27.9 Å². The molecule has 4 aromatic heterocycles. The Morgan fingerprint density at radius 2 is 1.69 bits per heavy atom. The molecular formula is C26H22N6O3S. The molecule has 0 radical (unpaired) electrons. The highest BCUT2D eigenvalue weighted by Crippen LogP contribution is 2.33. The van der Waals surface area contributed by atoms with Crippen LogP contribution in [-0.2, 0) is 10.0 Å². The van der Waals surface area contributed by atoms with E-state index in [-0.39, 0.29) is 16.6 Å². The third kappa shape index (κ3) is 3.97. The number of pyridine rings is 3. The second-order valence-corrected chi connectivity index (χ2v) is 10.1. The van der Waals surface area contributed by atoms with Gasteiger partial charge >= 0.3 is 0 Å². The second kappa shape index (κ2) is 8.90. The van der Waals surface area contributed by atoms with Gasteiger partial charge in [-0.3, -0.25) is 9.78 Å². The number of nitrogens with two attached hydrogens (primary N) is 1. The largest absolute Gasteiger partial charge is 0.383 e. The number of nitrogen functional groups attached to an aromatic ring is 1. The first-order chi connectivity index (χ1) is 17.3. The Bertz CT molecular complexity index is 1700. The van der Waals surface area contributed by atoms with Gasteiger partial charge in [-0.1, -0.05) is 18.2 Å². The van der Waals surface area contributed by atoms with Gasteiger partial charge in [-0.2, -0.15) is 0 Å². The lowest BCUT2D eigenvalue weighted by atomic mass is 10.0. The SMILES string of the molecule is CN(C)C(=O)c1ccc(-c2cc(-c3ccnc4c3ccn4S(=O)(=O)c3ccccc3)cnc2N)nc1. The number of benzene rings is 1. The van der Waals surface area contributed by atoms with Crippen molar-refractivity contribution in [2.45, 2.75) is 4.90 Å². The van der Waals surface area contributed by atoms with Crippen LogP contribution in [0, 0.1) is 0 Å². The summed E-state index contributed by atoms with van der Waals surface area (Å²) in [6.07, 6.45) is 6.19. The molecule has 9 nitrogen and oxygen atoms in total. The summed E-state index contributed by atoms with van der Waals surface area (Å²) in [6.45, 7) is 0. The van der Waals surface area contributed by atoms with Crippen molar-refractivity contribution in [3.05, 3.63) is 91.0 Å². The maximum atomic E-state index is 13.2. The number of hydrogen-bond acceptors (Lipinski definition) is 7. The molecule has 0 spiro atoms. The zero-order valence-corrected chi connectivity index (χ0v) is 20.3. The van der Waals surface area contributed by atoms with Crippen LogP contribution in [0.2, 0.25) is 0 Å². The van der Waals surface area contributed by atoms with Gasteiger partial charge in [0.15, 0.2) is 5.65 Å². The number of carbonyl (C=O) groups excluding carboxylic acids is 1. The average Bonchev–Trinajstić information content (AvgIpc) is 3.34. The molecular weight excluding hydrogens is 476 g/mol. The maximum absolute atomic E-state index is 13.2. The minimum atomic E-state index is -3.82. The molecule has 0 aliphatic rings. The highest BCUT2D eigenvalue weighted by molar-refractivity contribution is 7.90. The molecule has 0 unspecified atom stereocenters. The van der Waals surface area contributed by atoms with E-state index in [9.17, 15) is 13.2 Å². The molecule has 10 heteroatoms. The van der Waals surface area contributed by atoms with Crippen LogP contribution in [0.25, 0.3) is 33.4 Å². The molecule has 1 aromatic carbocycles. The van der Waals surface area contributed by atoms with Crippen LogP contribution >= 0.6 is 0 Å². The van der Waals surface area contributed by atoms with E-state index in [1.165, 1.54) is 21.3 Å². The monoisotopic (exact) mass is 498 g/mol. The molecule has 180 valence electrons. The zero-order valence-electron chi connectivity index (χ0n) is 19.5. The molecule has 1 amide bonds. The third-order valence-corrected chi connectivity index (χ3v) is 7.46. The van der Waals surface area contributed by atoms with Crippen molar-refractivity contribution in [2.75, 3.05) is 19.8 Å². The van der Waals surface area contributed by atoms with Crippen LogP contribution in [0.15, 0.2) is 90.3 Å². The molecule has 0 fully saturated rings. The van der Waals surface area contributed by atoms with Gasteiger partial charge in [0.1, 0.15) is 5.82 Å². The van der Waals surface area contributed by atoms with E-state index in [1.807, 2.05) is 6.07 Å². The van der Waals surface area contributed by atoms with E-state index in [2.05, 4.69) is 15.0 Å². The summed E-state index contributed by atoms with van der Waals surface area (Å²) in [5.74, 6) is 0.135. The number of carbonyl (C=O) groups is 1. The van der Waals surface area contributed by atoms with Crippen molar-refractivity contribution in [3.8, 4) is 22.4 Å². The summed E-state index contributed by atoms with van der Waals surface area (Å²) in [5.41, 5.74) is 9.55. The van der Waals surface area contributed by atoms with Crippen LogP contribution < -0.4 is 5.73 Å². The lowest BCUT2D eigenvalue weighted by Crippen LogP contribution is -2.21. The molecule has 5 aromatic rings. The van der Waals surface area contributed by atoms with E-state index in [4.69, 9.17) is 5.73 Å². The van der Waals surface area contributed by atoms with Crippen LogP contribution in [0.1, 0.15) is 10.4 Å². The molecule has 5 rings (SSSR count). The number of rotatable bonds is 5. The van der Waals surface area contributed by atoms with Gasteiger partial charge in [-0.05, 0) is 48.0 Å². The predicted molar refractivity (Wildman–Crippen MR) is 138 cm³/mol. The highest BCUT2D eigenvalue weighted by Gasteiger charge is 2.21. The van der Waals surface area contributed by atoms with Crippen molar-refractivity contribution in [2.24, 2.45) is 0 Å². The van der Waals surface area contributed by atoms with Gasteiger partial charge in [0.2, 0.25) is 0 Å². The molecule has 2 N–H and O–H groups in total. The molecule has 0 atom stereocenters. The Kier molecular flexibility index (Phi) is 5.73. The number of hydrogen-bond donors (Lipinski definition) is 1. The van der Waals surface area contributed by atoms with Crippen molar-refractivity contribution in [3.63, 3.8) is 0 Å². The molecule has 0 aliphatic heterocycles. The lowest BCUT2D eigenvalue weighted by molar-refractivity contribution is 0.0827. The Hall–Kier alpha value is -4.57. The number of anilines is 1. The maximum Gasteiger partial charge on any atom is 0.269 e. The molecule has 0 bridgehead atoms. The van der Waals surface area contributed by atoms with E-state index >= 15 is 0 Å². The van der Waals surface area contributed by atoms with Crippen molar-refractivity contribution >= 4 is 32.8 Å². The Balaban J connectivity index is 1.58. The number of fused-ring (bicyclic) bond motifs is 1. The summed E-state index contributed by atoms with van der Waals surface area (Å²) < 4.78 is 27.6. The van der Waals surface area contributed by atoms with E-state index in [1.54, 1.807) is 81.1 Å². The zero-order chi connectivity index (χ0) is 25.4. The summed E-state index contributed by atoms with van der Waals surface area (Å²) in [4.78, 5) is 26.9. The molecule has 36 heavy (non-hydrogen) atoms. The fraction of sp³-hybridized carbons (Fsp3) is 0.0769. The van der Waals surface area contributed by atoms with Crippen molar-refractivity contribution in [1.29, 1.82) is 0 Å². The van der Waals surface area contributed by atoms with Crippen molar-refractivity contribution in [1.82, 2.24) is 23.8 Å². The van der Waals surface area contributed by atoms with Gasteiger partial charge < -0.3 is 10.6 Å². The fourth-order valence-electron chi connectivity index (χ4n) is 3.93. The minimum absolute atomic E-state index is 0.150. The van der Waals surface area contributed by atoms with Crippen molar-refractivity contribution < 1.29 is 13.2 Å². The topological polar surface area (TPSA) is 124 Å². The first kappa shape index (κ1) is 23.2. The van der Waals surface area contributed by atoms with Crippen LogP contribution in [0.3, 0.4) is 0 Å². The first-order valence-electron chi connectivity index (χ1n) is 11.0. The van der Waals surface area contributed by atoms with E-state index < -0.39 is 10.0 Å². The van der Waals surface area contributed by atoms with E-state index in [0.717, 1.165) is 11.1 Å². The van der Waals surface area contributed by atoms with Gasteiger partial charge in [0, 0.05) is 55.4 Å². The Morgan fingerprint density at radius 1 is 0.917 bits per heavy atom. The number of aromatic nitrogens is 4. The molecule has 0 aliphatic carbocycles. The summed E-state index contributed by atoms with van der Waals surface area (Å²) in [5, 5.41) is 0.648. The smallest absolute Gasteiger partial charge is 0.269 e. The van der Waals surface area contributed by atoms with Gasteiger partial charge in [0.25, 0.3) is 15.9 Å². The summed E-state index contributed by atoms with van der Waals surface area (Å²) in [7, 11) is -0.467. The van der Waals surface area contributed by atoms with Gasteiger partial charge in [-0.15, -0.1) is 0 Å². The van der Waals surface area contributed by atoms with Crippen LogP contribution in [-0.4, -0.2) is 52.2 Å². The normalized spacial score (nSPS) is 11.5. The Labute approximate surface area is 207 Å². The number of nitrogens with zero attached hydrogens (tertiary/aromatic N) is 5. The van der Waals surface area contributed by atoms with Gasteiger partial charge in [0.05, 0.1) is 16.2 Å². The molecule has 0 saturated heterocycles. The standard InChI is InChI=1S/C26H22N6O3S/c1-31(2)26(33)17-8-9-23(29-15-17)22-14-18(16-30-24(22)27)20-10-12-28-25-21(20)11-13-32(25)36(34,35)19-6-4-3-5-7-19/h3-16H,1-2H3,(H2,27,30). The highest BCUT2D eigenvalue weighted by atomic mass is 32.2. The average molecular weight is 499 g/mol. The first-order valence-corrected chi connectivity index (χ1v) is 12.4. The predicted octanol–water partition coefficient (Wildman–Crippen LogP) is 3.68. The van der Waals surface area contributed by atoms with Crippen LogP contribution in [0.5, 0.6) is 0 Å². The second-order valence-electron chi connectivity index (χ2n) is 8.31. The fourth-order valence-corrected chi connectivity index (χ4v) is 5.25. The third-order valence-electron chi connectivity index (χ3n) is 5.78. The van der Waals surface area contributed by atoms with Gasteiger partial charge in [-0.25, -0.2) is 22.4 Å². The summed E-state index contributed by atoms with van der Waals surface area (Å²) in [6, 6.07) is 17.0. The number of amides is 1. The quantitative estimate of drug-likeness (QED) is 0.392. The van der Waals surface area contributed by atoms with Crippen LogP contribution in [0.4, 0.5) is 5.82 Å².